The Morgan fingerprint density at radius 3 is 1.21 bits per heavy atom. The first-order valence-electron chi connectivity index (χ1n) is 13.6. The van der Waals surface area contributed by atoms with Crippen molar-refractivity contribution in [3.8, 4) is 0 Å². The fourth-order valence-corrected chi connectivity index (χ4v) is 3.14. The van der Waals surface area contributed by atoms with Gasteiger partial charge in [-0.15, -0.1) is 0 Å². The minimum Gasteiger partial charge on any atom is -0.460 e. The Morgan fingerprint density at radius 2 is 0.868 bits per heavy atom. The number of esters is 1. The van der Waals surface area contributed by atoms with Crippen molar-refractivity contribution in [1.82, 2.24) is 5.32 Å². The van der Waals surface area contributed by atoms with E-state index in [1.165, 1.54) is 0 Å². The van der Waals surface area contributed by atoms with Gasteiger partial charge in [-0.1, -0.05) is 6.58 Å². The van der Waals surface area contributed by atoms with Gasteiger partial charge in [-0.25, -0.2) is 4.79 Å². The number of nitrogens with one attached hydrogen (secondary N) is 1. The maximum Gasteiger partial charge on any atom is 0.330 e. The molecule has 1 aliphatic heterocycles. The van der Waals surface area contributed by atoms with Gasteiger partial charge in [0.25, 0.3) is 0 Å². The van der Waals surface area contributed by atoms with Crippen LogP contribution in [-0.2, 0) is 52.2 Å². The van der Waals surface area contributed by atoms with E-state index in [-0.39, 0.29) is 6.61 Å². The van der Waals surface area contributed by atoms with Crippen LogP contribution in [0.5, 0.6) is 0 Å². The second kappa shape index (κ2) is 28.8. The number of hydrogen-bond donors (Lipinski definition) is 1. The molecule has 1 N–H and O–H groups in total. The van der Waals surface area contributed by atoms with Gasteiger partial charge in [0.2, 0.25) is 0 Å². The first kappa shape index (κ1) is 34.8. The summed E-state index contributed by atoms with van der Waals surface area (Å²) in [6.07, 6.45) is 3.64. The van der Waals surface area contributed by atoms with Crippen LogP contribution in [0.4, 0.5) is 0 Å². The van der Waals surface area contributed by atoms with Crippen LogP contribution < -0.4 is 5.32 Å². The zero-order chi connectivity index (χ0) is 27.2. The summed E-state index contributed by atoms with van der Waals surface area (Å²) < 4.78 is 54.0. The van der Waals surface area contributed by atoms with Crippen LogP contribution in [0.15, 0.2) is 12.7 Å². The fourth-order valence-electron chi connectivity index (χ4n) is 3.14. The third-order valence-corrected chi connectivity index (χ3v) is 5.11. The normalized spacial score (nSPS) is 14.1. The van der Waals surface area contributed by atoms with Crippen molar-refractivity contribution in [1.29, 1.82) is 0 Å². The SMILES string of the molecule is C=CC(=O)OCCOCCOCCOCCOCCOCCOCCOCCOCCOC1CCNCC1. The Morgan fingerprint density at radius 1 is 0.553 bits per heavy atom. The fraction of sp³-hybridized carbons (Fsp3) is 0.885. The Labute approximate surface area is 227 Å². The number of carbonyl (C=O) groups excluding carboxylic acids is 1. The van der Waals surface area contributed by atoms with Crippen molar-refractivity contribution in [3.05, 3.63) is 12.7 Å². The standard InChI is InChI=1S/C26H49NO11/c1-2-26(28)38-24-22-36-20-18-34-16-14-32-12-10-30-8-7-29-9-11-31-13-15-33-17-19-35-21-23-37-25-3-5-27-6-4-25/h2,25,27H,1,3-24H2. The summed E-state index contributed by atoms with van der Waals surface area (Å²) in [5.41, 5.74) is 0. The summed E-state index contributed by atoms with van der Waals surface area (Å²) in [6, 6.07) is 0. The maximum atomic E-state index is 10.8. The molecule has 12 heteroatoms. The molecule has 0 spiro atoms. The zero-order valence-electron chi connectivity index (χ0n) is 22.9. The van der Waals surface area contributed by atoms with Gasteiger partial charge in [0.15, 0.2) is 0 Å². The van der Waals surface area contributed by atoms with Gasteiger partial charge in [-0.05, 0) is 25.9 Å². The van der Waals surface area contributed by atoms with Gasteiger partial charge in [0, 0.05) is 6.08 Å². The highest BCUT2D eigenvalue weighted by molar-refractivity contribution is 5.81. The third kappa shape index (κ3) is 25.1. The predicted molar refractivity (Wildman–Crippen MR) is 140 cm³/mol. The lowest BCUT2D eigenvalue weighted by atomic mass is 10.1. The molecule has 1 saturated heterocycles. The molecule has 0 bridgehead atoms. The average Bonchev–Trinajstić information content (AvgIpc) is 2.94. The van der Waals surface area contributed by atoms with E-state index in [9.17, 15) is 4.79 Å². The van der Waals surface area contributed by atoms with Crippen molar-refractivity contribution in [3.63, 3.8) is 0 Å². The smallest absolute Gasteiger partial charge is 0.330 e. The van der Waals surface area contributed by atoms with Crippen LogP contribution in [0.2, 0.25) is 0 Å². The Hall–Kier alpha value is -1.19. The molecular weight excluding hydrogens is 502 g/mol. The van der Waals surface area contributed by atoms with Crippen LogP contribution in [-0.4, -0.2) is 144 Å². The molecule has 224 valence electrons. The molecule has 0 radical (unpaired) electrons. The van der Waals surface area contributed by atoms with E-state index in [2.05, 4.69) is 11.9 Å². The van der Waals surface area contributed by atoms with E-state index in [1.807, 2.05) is 0 Å². The topological polar surface area (TPSA) is 121 Å². The first-order valence-corrected chi connectivity index (χ1v) is 13.6. The summed E-state index contributed by atoms with van der Waals surface area (Å²) in [6.45, 7) is 14.2. The highest BCUT2D eigenvalue weighted by atomic mass is 16.6. The van der Waals surface area contributed by atoms with Gasteiger partial charge in [-0.2, -0.15) is 0 Å². The molecule has 1 heterocycles. The zero-order valence-corrected chi connectivity index (χ0v) is 22.9. The van der Waals surface area contributed by atoms with Gasteiger partial charge in [0.1, 0.15) is 6.61 Å². The van der Waals surface area contributed by atoms with Crippen molar-refractivity contribution in [2.75, 3.05) is 132 Å². The maximum absolute atomic E-state index is 10.8. The van der Waals surface area contributed by atoms with Crippen LogP contribution >= 0.6 is 0 Å². The lowest BCUT2D eigenvalue weighted by Crippen LogP contribution is -2.33. The molecule has 0 aliphatic carbocycles. The summed E-state index contributed by atoms with van der Waals surface area (Å²) >= 11 is 0. The summed E-state index contributed by atoms with van der Waals surface area (Å²) in [5, 5.41) is 3.32. The molecular formula is C26H49NO11. The van der Waals surface area contributed by atoms with Gasteiger partial charge < -0.3 is 52.7 Å². The monoisotopic (exact) mass is 551 g/mol. The van der Waals surface area contributed by atoms with Crippen LogP contribution in [0.25, 0.3) is 0 Å². The summed E-state index contributed by atoms with van der Waals surface area (Å²) in [4.78, 5) is 10.8. The molecule has 0 atom stereocenters. The van der Waals surface area contributed by atoms with Crippen LogP contribution in [0, 0.1) is 0 Å². The average molecular weight is 552 g/mol. The van der Waals surface area contributed by atoms with Gasteiger partial charge >= 0.3 is 5.97 Å². The van der Waals surface area contributed by atoms with E-state index < -0.39 is 5.97 Å². The second-order valence-electron chi connectivity index (χ2n) is 8.09. The van der Waals surface area contributed by atoms with Crippen LogP contribution in [0.1, 0.15) is 12.8 Å². The minimum atomic E-state index is -0.455. The number of piperidine rings is 1. The number of carbonyl (C=O) groups is 1. The van der Waals surface area contributed by atoms with E-state index >= 15 is 0 Å². The van der Waals surface area contributed by atoms with Crippen molar-refractivity contribution in [2.24, 2.45) is 0 Å². The van der Waals surface area contributed by atoms with E-state index in [0.29, 0.717) is 118 Å². The van der Waals surface area contributed by atoms with Gasteiger partial charge in [0.05, 0.1) is 118 Å². The van der Waals surface area contributed by atoms with Crippen molar-refractivity contribution in [2.45, 2.75) is 18.9 Å². The number of hydrogen-bond acceptors (Lipinski definition) is 12. The van der Waals surface area contributed by atoms with E-state index in [0.717, 1.165) is 32.0 Å². The summed E-state index contributed by atoms with van der Waals surface area (Å²) in [7, 11) is 0. The van der Waals surface area contributed by atoms with Crippen molar-refractivity contribution >= 4 is 5.97 Å². The van der Waals surface area contributed by atoms with Gasteiger partial charge in [-0.3, -0.25) is 0 Å². The molecule has 0 aromatic rings. The predicted octanol–water partition coefficient (Wildman–Crippen LogP) is 0.617. The van der Waals surface area contributed by atoms with Crippen LogP contribution in [0.3, 0.4) is 0 Å². The highest BCUT2D eigenvalue weighted by Crippen LogP contribution is 2.06. The largest absolute Gasteiger partial charge is 0.460 e. The molecule has 0 aromatic carbocycles. The second-order valence-corrected chi connectivity index (χ2v) is 8.09. The number of rotatable bonds is 29. The lowest BCUT2D eigenvalue weighted by molar-refractivity contribution is -0.139. The molecule has 0 aromatic heterocycles. The molecule has 1 aliphatic rings. The highest BCUT2D eigenvalue weighted by Gasteiger charge is 2.12. The Kier molecular flexibility index (Phi) is 26.4. The minimum absolute atomic E-state index is 0.203. The summed E-state index contributed by atoms with van der Waals surface area (Å²) in [5.74, 6) is -0.455. The molecule has 12 nitrogen and oxygen atoms in total. The molecule has 38 heavy (non-hydrogen) atoms. The van der Waals surface area contributed by atoms with E-state index in [4.69, 9.17) is 47.4 Å². The lowest BCUT2D eigenvalue weighted by Gasteiger charge is -2.22. The third-order valence-electron chi connectivity index (χ3n) is 5.11. The quantitative estimate of drug-likeness (QED) is 0.0797. The molecule has 0 amide bonds. The molecule has 0 saturated carbocycles. The number of ether oxygens (including phenoxy) is 10. The Bertz CT molecular complexity index is 521. The van der Waals surface area contributed by atoms with Crippen molar-refractivity contribution < 1.29 is 52.2 Å². The Balaban J connectivity index is 1.62. The first-order chi connectivity index (χ1) is 18.8. The van der Waals surface area contributed by atoms with E-state index in [1.54, 1.807) is 0 Å². The molecule has 1 rings (SSSR count). The molecule has 1 fully saturated rings. The molecule has 0 unspecified atom stereocenters.